The lowest BCUT2D eigenvalue weighted by molar-refractivity contribution is -0.477. The maximum atomic E-state index is 12.8. The van der Waals surface area contributed by atoms with E-state index >= 15 is 0 Å². The number of fused-ring (bicyclic) bond motifs is 1. The van der Waals surface area contributed by atoms with Crippen molar-refractivity contribution < 1.29 is 18.9 Å². The summed E-state index contributed by atoms with van der Waals surface area (Å²) in [7, 11) is 1.54. The lowest BCUT2D eigenvalue weighted by Gasteiger charge is -2.74. The summed E-state index contributed by atoms with van der Waals surface area (Å²) in [6.45, 7) is 14.4. The molecule has 0 spiro atoms. The van der Waals surface area contributed by atoms with Gasteiger partial charge < -0.3 is 9.15 Å². The molecule has 2 aliphatic carbocycles. The molecule has 5 rings (SSSR count). The van der Waals surface area contributed by atoms with Gasteiger partial charge in [-0.2, -0.15) is 0 Å². The normalized spacial score (nSPS) is 43.5. The second kappa shape index (κ2) is 5.02. The smallest absolute Gasteiger partial charge is 0.291 e. The molecule has 0 amide bonds. The van der Waals surface area contributed by atoms with Gasteiger partial charge in [0.05, 0.1) is 12.7 Å². The molecular weight excluding hydrogens is 332 g/mol. The zero-order chi connectivity index (χ0) is 19.2. The van der Waals surface area contributed by atoms with E-state index in [1.165, 1.54) is 12.7 Å². The first-order valence-electron chi connectivity index (χ1n) is 9.26. The molecule has 26 heavy (non-hydrogen) atoms. The first-order chi connectivity index (χ1) is 12.0. The molecule has 0 unspecified atom stereocenters. The van der Waals surface area contributed by atoms with Crippen molar-refractivity contribution in [1.29, 1.82) is 0 Å². The molecule has 4 aliphatic rings. The van der Waals surface area contributed by atoms with Gasteiger partial charge in [0.25, 0.3) is 5.95 Å². The molecule has 2 fully saturated rings. The third-order valence-electron chi connectivity index (χ3n) is 7.64. The highest BCUT2D eigenvalue weighted by molar-refractivity contribution is 5.44. The van der Waals surface area contributed by atoms with Gasteiger partial charge in [0.15, 0.2) is 5.43 Å². The Hall–Kier alpha value is -1.59. The minimum atomic E-state index is -0.558. The van der Waals surface area contributed by atoms with Crippen LogP contribution in [0.15, 0.2) is 20.9 Å². The van der Waals surface area contributed by atoms with Crippen LogP contribution < -0.4 is 10.2 Å². The van der Waals surface area contributed by atoms with Crippen LogP contribution in [0.4, 0.5) is 0 Å². The number of hydrogen-bond acceptors (Lipinski definition) is 5. The monoisotopic (exact) mass is 360 g/mol. The third-order valence-corrected chi connectivity index (χ3v) is 7.64. The van der Waals surface area contributed by atoms with Crippen LogP contribution in [0.3, 0.4) is 0 Å². The lowest BCUT2D eigenvalue weighted by Crippen LogP contribution is -2.78. The molecule has 3 heterocycles. The minimum Gasteiger partial charge on any atom is -0.468 e. The van der Waals surface area contributed by atoms with E-state index in [9.17, 15) is 4.79 Å². The summed E-state index contributed by atoms with van der Waals surface area (Å²) in [5.41, 5.74) is 1.38. The van der Waals surface area contributed by atoms with Gasteiger partial charge in [-0.05, 0) is 45.3 Å². The summed E-state index contributed by atoms with van der Waals surface area (Å²) in [5.74, 6) is 1.39. The van der Waals surface area contributed by atoms with Crippen LogP contribution in [0, 0.1) is 31.1 Å². The molecule has 2 aliphatic heterocycles. The van der Waals surface area contributed by atoms with E-state index in [0.717, 1.165) is 0 Å². The zero-order valence-corrected chi connectivity index (χ0v) is 16.9. The molecule has 1 aromatic heterocycles. The van der Waals surface area contributed by atoms with E-state index in [-0.39, 0.29) is 34.2 Å². The molecule has 0 N–H and O–H groups in total. The molecule has 0 aromatic carbocycles. The summed E-state index contributed by atoms with van der Waals surface area (Å²) in [5, 5.41) is 0. The average molecular weight is 360 g/mol. The molecule has 5 nitrogen and oxygen atoms in total. The Balaban J connectivity index is 1.95. The molecule has 2 bridgehead atoms. The van der Waals surface area contributed by atoms with E-state index in [0.29, 0.717) is 22.8 Å². The van der Waals surface area contributed by atoms with Crippen LogP contribution in [0.1, 0.15) is 51.5 Å². The van der Waals surface area contributed by atoms with Crippen LogP contribution in [0.2, 0.25) is 0 Å². The molecule has 1 aromatic rings. The topological polar surface area (TPSA) is 57.9 Å². The van der Waals surface area contributed by atoms with Gasteiger partial charge >= 0.3 is 0 Å². The van der Waals surface area contributed by atoms with Gasteiger partial charge in [0, 0.05) is 22.3 Å². The Morgan fingerprint density at radius 2 is 1.77 bits per heavy atom. The Labute approximate surface area is 154 Å². The number of hydrogen-bond donors (Lipinski definition) is 0. The second-order valence-electron chi connectivity index (χ2n) is 8.94. The van der Waals surface area contributed by atoms with Crippen LogP contribution in [-0.4, -0.2) is 18.8 Å². The zero-order valence-electron chi connectivity index (χ0n) is 16.9. The summed E-state index contributed by atoms with van der Waals surface area (Å²) in [6.07, 6.45) is 2.10. The Bertz CT molecular complexity index is 883. The summed E-state index contributed by atoms with van der Waals surface area (Å²) < 4.78 is 11.5. The predicted octanol–water partition coefficient (Wildman–Crippen LogP) is 3.84. The van der Waals surface area contributed by atoms with Crippen LogP contribution >= 0.6 is 0 Å². The van der Waals surface area contributed by atoms with Crippen molar-refractivity contribution in [2.24, 2.45) is 17.3 Å². The summed E-state index contributed by atoms with van der Waals surface area (Å²) >= 11 is 0. The van der Waals surface area contributed by atoms with Gasteiger partial charge in [-0.3, -0.25) is 4.79 Å². The van der Waals surface area contributed by atoms with E-state index in [1.807, 2.05) is 6.92 Å². The first-order valence-corrected chi connectivity index (χ1v) is 9.26. The van der Waals surface area contributed by atoms with Crippen LogP contribution in [0.25, 0.3) is 0 Å². The molecule has 0 radical (unpaired) electrons. The maximum Gasteiger partial charge on any atom is 0.291 e. The fourth-order valence-corrected chi connectivity index (χ4v) is 6.55. The van der Waals surface area contributed by atoms with Gasteiger partial charge in [0.1, 0.15) is 17.5 Å². The number of ether oxygens (including phenoxy) is 1. The molecular formula is C21H28O5. The molecule has 1 saturated heterocycles. The summed E-state index contributed by atoms with van der Waals surface area (Å²) in [6, 6.07) is 0. The molecule has 6 atom stereocenters. The van der Waals surface area contributed by atoms with E-state index in [4.69, 9.17) is 18.9 Å². The highest BCUT2D eigenvalue weighted by atomic mass is 17.2. The Morgan fingerprint density at radius 1 is 1.12 bits per heavy atom. The second-order valence-corrected chi connectivity index (χ2v) is 8.94. The fourth-order valence-electron chi connectivity index (χ4n) is 6.55. The van der Waals surface area contributed by atoms with E-state index < -0.39 is 5.60 Å². The highest BCUT2D eigenvalue weighted by Gasteiger charge is 2.78. The van der Waals surface area contributed by atoms with Crippen LogP contribution in [-0.2, 0) is 15.2 Å². The number of rotatable bonds is 2. The maximum absolute atomic E-state index is 12.8. The Morgan fingerprint density at radius 3 is 2.35 bits per heavy atom. The fraction of sp³-hybridized carbons (Fsp3) is 0.667. The van der Waals surface area contributed by atoms with Crippen molar-refractivity contribution >= 4 is 0 Å². The van der Waals surface area contributed by atoms with E-state index in [1.54, 1.807) is 6.92 Å². The van der Waals surface area contributed by atoms with Crippen LogP contribution in [0.5, 0.6) is 5.95 Å². The molecule has 1 saturated carbocycles. The van der Waals surface area contributed by atoms with Crippen molar-refractivity contribution in [2.75, 3.05) is 7.11 Å². The summed E-state index contributed by atoms with van der Waals surface area (Å²) in [4.78, 5) is 24.4. The quantitative estimate of drug-likeness (QED) is 0.592. The van der Waals surface area contributed by atoms with Gasteiger partial charge in [-0.1, -0.05) is 20.8 Å². The number of methoxy groups -OCH3 is 1. The van der Waals surface area contributed by atoms with Crippen molar-refractivity contribution in [2.45, 2.75) is 65.6 Å². The largest absolute Gasteiger partial charge is 0.468 e. The lowest BCUT2D eigenvalue weighted by atomic mass is 9.33. The molecule has 142 valence electrons. The van der Waals surface area contributed by atoms with Crippen molar-refractivity contribution in [3.8, 4) is 5.95 Å². The standard InChI is InChI=1S/C21H28O5/c1-10-9-19(5)18-20(6,15(10)25-26-19)13(4)21(18,7)16-11(2)14(22)12(3)17(23-8)24-16/h9,13,15,18H,1-8H3/t13-,15+,18+,19-,20-,21-/m1/s1. The first kappa shape index (κ1) is 17.8. The van der Waals surface area contributed by atoms with Gasteiger partial charge in [0.2, 0.25) is 0 Å². The van der Waals surface area contributed by atoms with Crippen molar-refractivity contribution in [1.82, 2.24) is 0 Å². The van der Waals surface area contributed by atoms with Crippen molar-refractivity contribution in [3.05, 3.63) is 38.8 Å². The Kier molecular flexibility index (Phi) is 3.44. The predicted molar refractivity (Wildman–Crippen MR) is 97.2 cm³/mol. The average Bonchev–Trinajstić information content (AvgIpc) is 2.58. The van der Waals surface area contributed by atoms with E-state index in [2.05, 4.69) is 40.7 Å². The molecule has 5 heteroatoms. The SMILES string of the molecule is COc1oc([C@]2(C)[C@@H]3[C@@](C)([C@H]4OO[C@]3(C)C=C4C)[C@H]2C)c(C)c(=O)c1C. The highest BCUT2D eigenvalue weighted by Crippen LogP contribution is 2.74. The third kappa shape index (κ3) is 1.71. The minimum absolute atomic E-state index is 0.0138. The van der Waals surface area contributed by atoms with Gasteiger partial charge in [-0.15, -0.1) is 0 Å². The van der Waals surface area contributed by atoms with Gasteiger partial charge in [-0.25, -0.2) is 9.78 Å². The van der Waals surface area contributed by atoms with Crippen molar-refractivity contribution in [3.63, 3.8) is 0 Å².